The van der Waals surface area contributed by atoms with E-state index in [0.29, 0.717) is 19.5 Å². The molecule has 3 rings (SSSR count). The third-order valence-corrected chi connectivity index (χ3v) is 4.42. The molecule has 23 heavy (non-hydrogen) atoms. The van der Waals surface area contributed by atoms with Crippen LogP contribution in [0.3, 0.4) is 0 Å². The third-order valence-electron chi connectivity index (χ3n) is 4.42. The number of para-hydroxylation sites is 1. The van der Waals surface area contributed by atoms with E-state index in [0.717, 1.165) is 11.9 Å². The zero-order valence-corrected chi connectivity index (χ0v) is 13.5. The van der Waals surface area contributed by atoms with Crippen LogP contribution in [0.15, 0.2) is 24.4 Å². The van der Waals surface area contributed by atoms with E-state index in [2.05, 4.69) is 34.7 Å². The summed E-state index contributed by atoms with van der Waals surface area (Å²) in [5, 5.41) is 6.76. The van der Waals surface area contributed by atoms with Crippen molar-refractivity contribution in [2.45, 2.75) is 25.8 Å². The molecule has 0 saturated carbocycles. The molecule has 0 bridgehead atoms. The first-order chi connectivity index (χ1) is 11.1. The van der Waals surface area contributed by atoms with Crippen molar-refractivity contribution in [1.82, 2.24) is 20.5 Å². The molecule has 3 amide bonds. The molecule has 1 aliphatic rings. The number of hydrogen-bond donors (Lipinski definition) is 3. The van der Waals surface area contributed by atoms with Gasteiger partial charge in [-0.05, 0) is 30.9 Å². The molecule has 0 spiro atoms. The standard InChI is InChI=1S/C17H22N4O2/c1-11-4-3-5-13-12(10-19-15(11)13)6-8-18-17(23)20-14-7-9-21(2)16(14)22/h3-5,10,14,19H,6-9H2,1-2H3,(H2,18,20,23). The molecule has 0 aliphatic carbocycles. The summed E-state index contributed by atoms with van der Waals surface area (Å²) in [6.45, 7) is 3.30. The number of amides is 3. The SMILES string of the molecule is Cc1cccc2c(CCNC(=O)NC3CCN(C)C3=O)c[nH]c12. The van der Waals surface area contributed by atoms with Gasteiger partial charge >= 0.3 is 6.03 Å². The second-order valence-electron chi connectivity index (χ2n) is 6.06. The average Bonchev–Trinajstić information content (AvgIpc) is 3.07. The van der Waals surface area contributed by atoms with E-state index in [1.165, 1.54) is 16.5 Å². The van der Waals surface area contributed by atoms with Gasteiger partial charge in [0.05, 0.1) is 0 Å². The highest BCUT2D eigenvalue weighted by Gasteiger charge is 2.29. The van der Waals surface area contributed by atoms with Crippen LogP contribution >= 0.6 is 0 Å². The maximum Gasteiger partial charge on any atom is 0.315 e. The number of aromatic amines is 1. The van der Waals surface area contributed by atoms with Crippen molar-refractivity contribution in [3.63, 3.8) is 0 Å². The molecule has 1 saturated heterocycles. The van der Waals surface area contributed by atoms with Crippen LogP contribution in [0, 0.1) is 6.92 Å². The fraction of sp³-hybridized carbons (Fsp3) is 0.412. The smallest absolute Gasteiger partial charge is 0.315 e. The minimum Gasteiger partial charge on any atom is -0.361 e. The second-order valence-corrected chi connectivity index (χ2v) is 6.06. The summed E-state index contributed by atoms with van der Waals surface area (Å²) in [5.41, 5.74) is 3.54. The lowest BCUT2D eigenvalue weighted by Gasteiger charge is -2.13. The highest BCUT2D eigenvalue weighted by Crippen LogP contribution is 2.21. The van der Waals surface area contributed by atoms with Gasteiger partial charge < -0.3 is 20.5 Å². The fourth-order valence-corrected chi connectivity index (χ4v) is 3.05. The van der Waals surface area contributed by atoms with E-state index in [-0.39, 0.29) is 11.9 Å². The van der Waals surface area contributed by atoms with Crippen molar-refractivity contribution in [2.24, 2.45) is 0 Å². The first kappa shape index (κ1) is 15.4. The predicted molar refractivity (Wildman–Crippen MR) is 89.3 cm³/mol. The molecule has 3 N–H and O–H groups in total. The van der Waals surface area contributed by atoms with Gasteiger partial charge in [0.1, 0.15) is 6.04 Å². The van der Waals surface area contributed by atoms with Crippen molar-refractivity contribution >= 4 is 22.8 Å². The summed E-state index contributed by atoms with van der Waals surface area (Å²) in [5.74, 6) is -0.0211. The monoisotopic (exact) mass is 314 g/mol. The number of likely N-dealkylation sites (N-methyl/N-ethyl adjacent to an activating group) is 1. The Morgan fingerprint density at radius 2 is 2.26 bits per heavy atom. The largest absolute Gasteiger partial charge is 0.361 e. The van der Waals surface area contributed by atoms with Crippen molar-refractivity contribution in [3.8, 4) is 0 Å². The molecule has 2 heterocycles. The summed E-state index contributed by atoms with van der Waals surface area (Å²) < 4.78 is 0. The van der Waals surface area contributed by atoms with E-state index in [4.69, 9.17) is 0 Å². The van der Waals surface area contributed by atoms with Gasteiger partial charge in [0.15, 0.2) is 0 Å². The fourth-order valence-electron chi connectivity index (χ4n) is 3.05. The number of likely N-dealkylation sites (tertiary alicyclic amines) is 1. The Bertz CT molecular complexity index is 737. The minimum absolute atomic E-state index is 0.0211. The normalized spacial score (nSPS) is 17.7. The van der Waals surface area contributed by atoms with E-state index >= 15 is 0 Å². The van der Waals surface area contributed by atoms with Crippen molar-refractivity contribution in [2.75, 3.05) is 20.1 Å². The van der Waals surface area contributed by atoms with Gasteiger partial charge in [-0.15, -0.1) is 0 Å². The molecule has 1 unspecified atom stereocenters. The Kier molecular flexibility index (Phi) is 4.23. The number of aromatic nitrogens is 1. The average molecular weight is 314 g/mol. The van der Waals surface area contributed by atoms with Crippen LogP contribution in [-0.4, -0.2) is 48.0 Å². The molecule has 1 fully saturated rings. The Labute approximate surface area is 135 Å². The van der Waals surface area contributed by atoms with Gasteiger partial charge in [-0.3, -0.25) is 4.79 Å². The number of fused-ring (bicyclic) bond motifs is 1. The maximum atomic E-state index is 11.9. The number of rotatable bonds is 4. The van der Waals surface area contributed by atoms with Crippen LogP contribution in [0.2, 0.25) is 0 Å². The van der Waals surface area contributed by atoms with Gasteiger partial charge in [-0.2, -0.15) is 0 Å². The van der Waals surface area contributed by atoms with Crippen LogP contribution in [0.25, 0.3) is 10.9 Å². The number of nitrogens with one attached hydrogen (secondary N) is 3. The van der Waals surface area contributed by atoms with Gasteiger partial charge in [0.25, 0.3) is 0 Å². The van der Waals surface area contributed by atoms with Crippen LogP contribution in [-0.2, 0) is 11.2 Å². The first-order valence-electron chi connectivity index (χ1n) is 7.91. The number of nitrogens with zero attached hydrogens (tertiary/aromatic N) is 1. The number of carbonyl (C=O) groups is 2. The van der Waals surface area contributed by atoms with Crippen molar-refractivity contribution in [3.05, 3.63) is 35.5 Å². The molecule has 1 atom stereocenters. The van der Waals surface area contributed by atoms with Crippen LogP contribution in [0.1, 0.15) is 17.5 Å². The Morgan fingerprint density at radius 3 is 3.00 bits per heavy atom. The predicted octanol–water partition coefficient (Wildman–Crippen LogP) is 1.55. The quantitative estimate of drug-likeness (QED) is 0.801. The van der Waals surface area contributed by atoms with Gasteiger partial charge in [-0.1, -0.05) is 18.2 Å². The first-order valence-corrected chi connectivity index (χ1v) is 7.91. The van der Waals surface area contributed by atoms with Gasteiger partial charge in [0, 0.05) is 37.2 Å². The topological polar surface area (TPSA) is 77.2 Å². The summed E-state index contributed by atoms with van der Waals surface area (Å²) >= 11 is 0. The number of benzene rings is 1. The van der Waals surface area contributed by atoms with Crippen molar-refractivity contribution < 1.29 is 9.59 Å². The number of hydrogen-bond acceptors (Lipinski definition) is 2. The zero-order valence-electron chi connectivity index (χ0n) is 13.5. The molecule has 1 aromatic carbocycles. The number of H-pyrrole nitrogens is 1. The maximum absolute atomic E-state index is 11.9. The lowest BCUT2D eigenvalue weighted by atomic mass is 10.1. The van der Waals surface area contributed by atoms with Crippen LogP contribution < -0.4 is 10.6 Å². The molecule has 1 aliphatic heterocycles. The molecule has 2 aromatic rings. The zero-order chi connectivity index (χ0) is 16.4. The van der Waals surface area contributed by atoms with Crippen LogP contribution in [0.5, 0.6) is 0 Å². The van der Waals surface area contributed by atoms with E-state index in [1.54, 1.807) is 11.9 Å². The summed E-state index contributed by atoms with van der Waals surface area (Å²) in [6, 6.07) is 5.52. The lowest BCUT2D eigenvalue weighted by molar-refractivity contribution is -0.128. The van der Waals surface area contributed by atoms with E-state index in [1.807, 2.05) is 12.3 Å². The molecular formula is C17H22N4O2. The summed E-state index contributed by atoms with van der Waals surface area (Å²) in [6.07, 6.45) is 3.41. The van der Waals surface area contributed by atoms with Gasteiger partial charge in [-0.25, -0.2) is 4.79 Å². The highest BCUT2D eigenvalue weighted by molar-refractivity contribution is 5.88. The second kappa shape index (κ2) is 6.32. The third kappa shape index (κ3) is 3.16. The van der Waals surface area contributed by atoms with E-state index in [9.17, 15) is 9.59 Å². The Morgan fingerprint density at radius 1 is 1.43 bits per heavy atom. The molecule has 6 nitrogen and oxygen atoms in total. The summed E-state index contributed by atoms with van der Waals surface area (Å²) in [7, 11) is 1.75. The van der Waals surface area contributed by atoms with Crippen LogP contribution in [0.4, 0.5) is 4.79 Å². The molecule has 1 aromatic heterocycles. The highest BCUT2D eigenvalue weighted by atomic mass is 16.2. The number of urea groups is 1. The van der Waals surface area contributed by atoms with Gasteiger partial charge in [0.2, 0.25) is 5.91 Å². The molecule has 122 valence electrons. The number of carbonyl (C=O) groups excluding carboxylic acids is 2. The van der Waals surface area contributed by atoms with E-state index < -0.39 is 6.04 Å². The molecule has 6 heteroatoms. The van der Waals surface area contributed by atoms with Crippen molar-refractivity contribution in [1.29, 1.82) is 0 Å². The summed E-state index contributed by atoms with van der Waals surface area (Å²) in [4.78, 5) is 28.6. The Balaban J connectivity index is 1.52. The number of aryl methyl sites for hydroxylation is 1. The molecule has 0 radical (unpaired) electrons. The lowest BCUT2D eigenvalue weighted by Crippen LogP contribution is -2.46. The molecular weight excluding hydrogens is 292 g/mol. The minimum atomic E-state index is -0.393. The Hall–Kier alpha value is -2.50.